The zero-order chi connectivity index (χ0) is 7.56. The lowest BCUT2D eigenvalue weighted by Crippen LogP contribution is -2.31. The minimum absolute atomic E-state index is 0.0732. The molecule has 1 rings (SSSR count). The molecule has 0 saturated carbocycles. The molecular formula is C6H10ClNO2. The van der Waals surface area contributed by atoms with Crippen LogP contribution in [0, 0.1) is 0 Å². The summed E-state index contributed by atoms with van der Waals surface area (Å²) >= 11 is 5.74. The quantitative estimate of drug-likeness (QED) is 0.441. The van der Waals surface area contributed by atoms with Gasteiger partial charge in [-0.2, -0.15) is 0 Å². The van der Waals surface area contributed by atoms with Crippen molar-refractivity contribution in [2.75, 3.05) is 13.7 Å². The molecule has 2 atom stereocenters. The Balaban J connectivity index is 2.37. The Morgan fingerprint density at radius 2 is 2.50 bits per heavy atom. The van der Waals surface area contributed by atoms with Gasteiger partial charge in [0, 0.05) is 11.9 Å². The first-order valence-electron chi connectivity index (χ1n) is 3.19. The largest absolute Gasteiger partial charge is 0.468 e. The van der Waals surface area contributed by atoms with Crippen LogP contribution in [0.4, 0.5) is 0 Å². The van der Waals surface area contributed by atoms with E-state index >= 15 is 0 Å². The fourth-order valence-corrected chi connectivity index (χ4v) is 1.28. The number of carbonyl (C=O) groups excluding carboxylic acids is 1. The molecule has 1 aliphatic rings. The second-order valence-electron chi connectivity index (χ2n) is 2.32. The van der Waals surface area contributed by atoms with Crippen molar-refractivity contribution < 1.29 is 9.53 Å². The Kier molecular flexibility index (Phi) is 2.51. The van der Waals surface area contributed by atoms with Crippen LogP contribution in [-0.2, 0) is 9.53 Å². The highest BCUT2D eigenvalue weighted by Crippen LogP contribution is 2.12. The molecule has 1 N–H and O–H groups in total. The van der Waals surface area contributed by atoms with E-state index in [-0.39, 0.29) is 17.4 Å². The molecule has 1 unspecified atom stereocenters. The number of rotatable bonds is 1. The summed E-state index contributed by atoms with van der Waals surface area (Å²) < 4.78 is 4.52. The second-order valence-corrected chi connectivity index (χ2v) is 2.93. The van der Waals surface area contributed by atoms with E-state index in [1.807, 2.05) is 0 Å². The van der Waals surface area contributed by atoms with Crippen LogP contribution in [0.3, 0.4) is 0 Å². The number of halogens is 1. The summed E-state index contributed by atoms with van der Waals surface area (Å²) in [6.45, 7) is 0.696. The van der Waals surface area contributed by atoms with E-state index in [0.717, 1.165) is 0 Å². The molecule has 0 aromatic heterocycles. The van der Waals surface area contributed by atoms with Crippen LogP contribution < -0.4 is 5.32 Å². The highest BCUT2D eigenvalue weighted by molar-refractivity contribution is 6.21. The molecule has 10 heavy (non-hydrogen) atoms. The molecule has 0 aromatic rings. The number of carbonyl (C=O) groups is 1. The zero-order valence-electron chi connectivity index (χ0n) is 5.76. The molecule has 0 amide bonds. The summed E-state index contributed by atoms with van der Waals surface area (Å²) in [4.78, 5) is 10.8. The summed E-state index contributed by atoms with van der Waals surface area (Å²) in [5, 5.41) is 3.02. The van der Waals surface area contributed by atoms with Crippen LogP contribution in [0.15, 0.2) is 0 Å². The first-order valence-corrected chi connectivity index (χ1v) is 3.63. The predicted molar refractivity (Wildman–Crippen MR) is 38.1 cm³/mol. The van der Waals surface area contributed by atoms with Crippen molar-refractivity contribution >= 4 is 17.6 Å². The van der Waals surface area contributed by atoms with Gasteiger partial charge in [-0.05, 0) is 6.42 Å². The van der Waals surface area contributed by atoms with Gasteiger partial charge in [-0.15, -0.1) is 11.6 Å². The summed E-state index contributed by atoms with van der Waals surface area (Å²) in [5.74, 6) is -0.219. The van der Waals surface area contributed by atoms with Crippen molar-refractivity contribution in [2.45, 2.75) is 17.8 Å². The number of methoxy groups -OCH3 is 1. The smallest absolute Gasteiger partial charge is 0.322 e. The lowest BCUT2D eigenvalue weighted by atomic mass is 10.2. The van der Waals surface area contributed by atoms with E-state index < -0.39 is 0 Å². The first-order chi connectivity index (χ1) is 4.74. The summed E-state index contributed by atoms with van der Waals surface area (Å²) in [6.07, 6.45) is 0.675. The third-order valence-electron chi connectivity index (χ3n) is 1.56. The molecule has 0 aliphatic carbocycles. The van der Waals surface area contributed by atoms with Crippen LogP contribution in [0.1, 0.15) is 6.42 Å². The topological polar surface area (TPSA) is 38.3 Å². The molecular weight excluding hydrogens is 154 g/mol. The van der Waals surface area contributed by atoms with Crippen molar-refractivity contribution in [3.8, 4) is 0 Å². The van der Waals surface area contributed by atoms with Crippen LogP contribution in [0.2, 0.25) is 0 Å². The standard InChI is InChI=1S/C6H10ClNO2/c1-10-6(9)5-2-4(7)3-8-5/h4-5,8H,2-3H2,1H3/t4?,5-/m0/s1. The van der Waals surface area contributed by atoms with Crippen LogP contribution in [0.25, 0.3) is 0 Å². The van der Waals surface area contributed by atoms with Crippen molar-refractivity contribution in [1.82, 2.24) is 5.32 Å². The fourth-order valence-electron chi connectivity index (χ4n) is 1.01. The van der Waals surface area contributed by atoms with Crippen molar-refractivity contribution in [3.63, 3.8) is 0 Å². The van der Waals surface area contributed by atoms with Gasteiger partial charge in [0.15, 0.2) is 0 Å². The maximum Gasteiger partial charge on any atom is 0.322 e. The Morgan fingerprint density at radius 3 is 2.90 bits per heavy atom. The van der Waals surface area contributed by atoms with Gasteiger partial charge in [-0.3, -0.25) is 4.79 Å². The molecule has 3 nitrogen and oxygen atoms in total. The van der Waals surface area contributed by atoms with Gasteiger partial charge in [-0.1, -0.05) is 0 Å². The Hall–Kier alpha value is -0.280. The number of hydrogen-bond acceptors (Lipinski definition) is 3. The van der Waals surface area contributed by atoms with Crippen molar-refractivity contribution in [1.29, 1.82) is 0 Å². The molecule has 0 bridgehead atoms. The fraction of sp³-hybridized carbons (Fsp3) is 0.833. The maximum atomic E-state index is 10.8. The van der Waals surface area contributed by atoms with Gasteiger partial charge in [0.2, 0.25) is 0 Å². The highest BCUT2D eigenvalue weighted by Gasteiger charge is 2.28. The average molecular weight is 164 g/mol. The molecule has 0 spiro atoms. The van der Waals surface area contributed by atoms with E-state index in [2.05, 4.69) is 10.1 Å². The van der Waals surface area contributed by atoms with E-state index in [0.29, 0.717) is 13.0 Å². The lowest BCUT2D eigenvalue weighted by molar-refractivity contribution is -0.142. The third-order valence-corrected chi connectivity index (χ3v) is 1.90. The van der Waals surface area contributed by atoms with E-state index in [1.54, 1.807) is 0 Å². The van der Waals surface area contributed by atoms with Crippen molar-refractivity contribution in [3.05, 3.63) is 0 Å². The molecule has 0 aromatic carbocycles. The van der Waals surface area contributed by atoms with E-state index in [4.69, 9.17) is 11.6 Å². The molecule has 1 aliphatic heterocycles. The van der Waals surface area contributed by atoms with Gasteiger partial charge in [0.25, 0.3) is 0 Å². The first kappa shape index (κ1) is 7.82. The Bertz CT molecular complexity index is 140. The number of nitrogens with one attached hydrogen (secondary N) is 1. The third kappa shape index (κ3) is 1.61. The second kappa shape index (κ2) is 3.21. The molecule has 0 radical (unpaired) electrons. The Morgan fingerprint density at radius 1 is 1.80 bits per heavy atom. The maximum absolute atomic E-state index is 10.8. The van der Waals surface area contributed by atoms with E-state index in [9.17, 15) is 4.79 Å². The molecule has 1 fully saturated rings. The number of alkyl halides is 1. The van der Waals surface area contributed by atoms with Gasteiger partial charge in [0.1, 0.15) is 6.04 Å². The number of hydrogen-bond donors (Lipinski definition) is 1. The lowest BCUT2D eigenvalue weighted by Gasteiger charge is -2.05. The van der Waals surface area contributed by atoms with Gasteiger partial charge in [-0.25, -0.2) is 0 Å². The van der Waals surface area contributed by atoms with Crippen molar-refractivity contribution in [2.24, 2.45) is 0 Å². The van der Waals surface area contributed by atoms with Crippen LogP contribution in [0.5, 0.6) is 0 Å². The normalized spacial score (nSPS) is 32.2. The molecule has 1 saturated heterocycles. The van der Waals surface area contributed by atoms with E-state index in [1.165, 1.54) is 7.11 Å². The predicted octanol–water partition coefficient (Wildman–Crippen LogP) is 0.129. The van der Waals surface area contributed by atoms with Crippen LogP contribution in [-0.4, -0.2) is 31.0 Å². The molecule has 1 heterocycles. The number of esters is 1. The molecule has 58 valence electrons. The summed E-state index contributed by atoms with van der Waals surface area (Å²) in [7, 11) is 1.38. The summed E-state index contributed by atoms with van der Waals surface area (Å²) in [6, 6.07) is -0.188. The monoisotopic (exact) mass is 163 g/mol. The minimum Gasteiger partial charge on any atom is -0.468 e. The number of ether oxygens (including phenoxy) is 1. The SMILES string of the molecule is COC(=O)[C@@H]1CC(Cl)CN1. The zero-order valence-corrected chi connectivity index (χ0v) is 6.52. The Labute approximate surface area is 64.7 Å². The van der Waals surface area contributed by atoms with Gasteiger partial charge < -0.3 is 10.1 Å². The van der Waals surface area contributed by atoms with Gasteiger partial charge >= 0.3 is 5.97 Å². The molecule has 4 heteroatoms. The highest BCUT2D eigenvalue weighted by atomic mass is 35.5. The minimum atomic E-state index is -0.219. The van der Waals surface area contributed by atoms with Gasteiger partial charge in [0.05, 0.1) is 7.11 Å². The average Bonchev–Trinajstić information content (AvgIpc) is 2.34. The summed E-state index contributed by atoms with van der Waals surface area (Å²) in [5.41, 5.74) is 0. The van der Waals surface area contributed by atoms with Crippen LogP contribution >= 0.6 is 11.6 Å².